The standard InChI is InChI=1S/C19H18O2/c20-15-14-17(16-8-3-1-4-9-16)12-7-13-19(21)18-10-5-2-6-11-18/h1-11,13,15,17H,12,14H2/b13-7+/t17-/m0/s1. The first kappa shape index (κ1) is 14.9. The number of hydrogen-bond acceptors (Lipinski definition) is 2. The minimum Gasteiger partial charge on any atom is -0.303 e. The summed E-state index contributed by atoms with van der Waals surface area (Å²) in [5.41, 5.74) is 1.81. The lowest BCUT2D eigenvalue weighted by atomic mass is 9.93. The van der Waals surface area contributed by atoms with E-state index in [1.165, 1.54) is 0 Å². The van der Waals surface area contributed by atoms with E-state index in [-0.39, 0.29) is 11.7 Å². The van der Waals surface area contributed by atoms with E-state index in [0.29, 0.717) is 18.4 Å². The maximum absolute atomic E-state index is 12.0. The molecule has 0 aliphatic carbocycles. The summed E-state index contributed by atoms with van der Waals surface area (Å²) >= 11 is 0. The van der Waals surface area contributed by atoms with E-state index in [0.717, 1.165) is 11.8 Å². The molecular formula is C19H18O2. The zero-order chi connectivity index (χ0) is 14.9. The van der Waals surface area contributed by atoms with Gasteiger partial charge in [0.05, 0.1) is 0 Å². The van der Waals surface area contributed by atoms with Crippen molar-refractivity contribution < 1.29 is 9.59 Å². The summed E-state index contributed by atoms with van der Waals surface area (Å²) in [6.07, 6.45) is 5.53. The van der Waals surface area contributed by atoms with E-state index in [2.05, 4.69) is 0 Å². The van der Waals surface area contributed by atoms with Gasteiger partial charge in [0.15, 0.2) is 5.78 Å². The second kappa shape index (κ2) is 7.95. The first-order chi connectivity index (χ1) is 10.3. The average Bonchev–Trinajstić information content (AvgIpc) is 2.55. The fourth-order valence-corrected chi connectivity index (χ4v) is 2.25. The molecule has 0 bridgehead atoms. The van der Waals surface area contributed by atoms with E-state index < -0.39 is 0 Å². The van der Waals surface area contributed by atoms with Crippen LogP contribution in [0.25, 0.3) is 0 Å². The molecule has 2 heteroatoms. The fraction of sp³-hybridized carbons (Fsp3) is 0.158. The van der Waals surface area contributed by atoms with Gasteiger partial charge in [-0.25, -0.2) is 0 Å². The van der Waals surface area contributed by atoms with Crippen LogP contribution >= 0.6 is 0 Å². The maximum atomic E-state index is 12.0. The van der Waals surface area contributed by atoms with Gasteiger partial charge < -0.3 is 4.79 Å². The van der Waals surface area contributed by atoms with E-state index >= 15 is 0 Å². The highest BCUT2D eigenvalue weighted by molar-refractivity contribution is 6.04. The molecule has 21 heavy (non-hydrogen) atoms. The molecule has 0 fully saturated rings. The Labute approximate surface area is 125 Å². The van der Waals surface area contributed by atoms with Gasteiger partial charge in [0.1, 0.15) is 6.29 Å². The van der Waals surface area contributed by atoms with Gasteiger partial charge in [0.2, 0.25) is 0 Å². The van der Waals surface area contributed by atoms with Crippen molar-refractivity contribution in [2.24, 2.45) is 0 Å². The molecule has 0 aliphatic heterocycles. The van der Waals surface area contributed by atoms with Crippen LogP contribution in [0.15, 0.2) is 72.8 Å². The summed E-state index contributed by atoms with van der Waals surface area (Å²) in [6.45, 7) is 0. The normalized spacial score (nSPS) is 12.2. The van der Waals surface area contributed by atoms with Gasteiger partial charge in [-0.3, -0.25) is 4.79 Å². The SMILES string of the molecule is O=CC[C@H](C/C=C/C(=O)c1ccccc1)c1ccccc1. The van der Waals surface area contributed by atoms with Gasteiger partial charge in [-0.1, -0.05) is 66.7 Å². The second-order valence-corrected chi connectivity index (χ2v) is 4.88. The lowest BCUT2D eigenvalue weighted by Crippen LogP contribution is -1.99. The quantitative estimate of drug-likeness (QED) is 0.432. The summed E-state index contributed by atoms with van der Waals surface area (Å²) in [6, 6.07) is 19.1. The van der Waals surface area contributed by atoms with Crippen molar-refractivity contribution in [3.63, 3.8) is 0 Å². The number of ketones is 1. The van der Waals surface area contributed by atoms with Crippen molar-refractivity contribution in [2.45, 2.75) is 18.8 Å². The van der Waals surface area contributed by atoms with Crippen molar-refractivity contribution in [1.29, 1.82) is 0 Å². The van der Waals surface area contributed by atoms with Crippen molar-refractivity contribution in [3.8, 4) is 0 Å². The average molecular weight is 278 g/mol. The first-order valence-electron chi connectivity index (χ1n) is 7.05. The minimum atomic E-state index is -0.00600. The summed E-state index contributed by atoms with van der Waals surface area (Å²) < 4.78 is 0. The third-order valence-corrected chi connectivity index (χ3v) is 3.40. The number of allylic oxidation sites excluding steroid dienone is 2. The Kier molecular flexibility index (Phi) is 5.65. The highest BCUT2D eigenvalue weighted by Gasteiger charge is 2.09. The predicted octanol–water partition coefficient (Wildman–Crippen LogP) is 4.19. The van der Waals surface area contributed by atoms with Gasteiger partial charge >= 0.3 is 0 Å². The molecule has 2 rings (SSSR count). The summed E-state index contributed by atoms with van der Waals surface area (Å²) in [5.74, 6) is 0.122. The number of rotatable bonds is 7. The van der Waals surface area contributed by atoms with E-state index in [1.54, 1.807) is 18.2 Å². The predicted molar refractivity (Wildman–Crippen MR) is 84.4 cm³/mol. The lowest BCUT2D eigenvalue weighted by molar-refractivity contribution is -0.108. The van der Waals surface area contributed by atoms with E-state index in [4.69, 9.17) is 0 Å². The molecule has 0 heterocycles. The maximum Gasteiger partial charge on any atom is 0.185 e. The van der Waals surface area contributed by atoms with Gasteiger partial charge in [-0.15, -0.1) is 0 Å². The molecule has 0 aromatic heterocycles. The molecule has 106 valence electrons. The van der Waals surface area contributed by atoms with Crippen LogP contribution in [-0.4, -0.2) is 12.1 Å². The summed E-state index contributed by atoms with van der Waals surface area (Å²) in [4.78, 5) is 22.8. The first-order valence-corrected chi connectivity index (χ1v) is 7.05. The van der Waals surface area contributed by atoms with Crippen LogP contribution in [0.4, 0.5) is 0 Å². The Morgan fingerprint density at radius 2 is 1.52 bits per heavy atom. The van der Waals surface area contributed by atoms with Crippen molar-refractivity contribution in [1.82, 2.24) is 0 Å². The lowest BCUT2D eigenvalue weighted by Gasteiger charge is -2.11. The fourth-order valence-electron chi connectivity index (χ4n) is 2.25. The van der Waals surface area contributed by atoms with Crippen LogP contribution in [0.2, 0.25) is 0 Å². The van der Waals surface area contributed by atoms with Crippen molar-refractivity contribution in [3.05, 3.63) is 83.9 Å². The third kappa shape index (κ3) is 4.53. The molecule has 0 radical (unpaired) electrons. The molecular weight excluding hydrogens is 260 g/mol. The van der Waals surface area contributed by atoms with Gasteiger partial charge in [-0.2, -0.15) is 0 Å². The smallest absolute Gasteiger partial charge is 0.185 e. The van der Waals surface area contributed by atoms with Gasteiger partial charge in [-0.05, 0) is 24.0 Å². The van der Waals surface area contributed by atoms with Crippen LogP contribution in [0, 0.1) is 0 Å². The molecule has 2 nitrogen and oxygen atoms in total. The van der Waals surface area contributed by atoms with Crippen molar-refractivity contribution >= 4 is 12.1 Å². The topological polar surface area (TPSA) is 34.1 Å². The van der Waals surface area contributed by atoms with Crippen LogP contribution in [0.3, 0.4) is 0 Å². The Hall–Kier alpha value is -2.48. The van der Waals surface area contributed by atoms with Crippen LogP contribution in [0.5, 0.6) is 0 Å². The van der Waals surface area contributed by atoms with Crippen LogP contribution < -0.4 is 0 Å². The Balaban J connectivity index is 2.00. The molecule has 2 aromatic rings. The monoisotopic (exact) mass is 278 g/mol. The van der Waals surface area contributed by atoms with Gasteiger partial charge in [0, 0.05) is 12.0 Å². The number of hydrogen-bond donors (Lipinski definition) is 0. The second-order valence-electron chi connectivity index (χ2n) is 4.88. The molecule has 0 saturated heterocycles. The highest BCUT2D eigenvalue weighted by atomic mass is 16.1. The molecule has 0 unspecified atom stereocenters. The Morgan fingerprint density at radius 3 is 2.14 bits per heavy atom. The highest BCUT2D eigenvalue weighted by Crippen LogP contribution is 2.22. The molecule has 0 amide bonds. The Morgan fingerprint density at radius 1 is 0.905 bits per heavy atom. The number of carbonyl (C=O) groups is 2. The van der Waals surface area contributed by atoms with Gasteiger partial charge in [0.25, 0.3) is 0 Å². The molecule has 0 N–H and O–H groups in total. The van der Waals surface area contributed by atoms with Crippen LogP contribution in [0.1, 0.15) is 34.7 Å². The molecule has 0 saturated carbocycles. The summed E-state index contributed by atoms with van der Waals surface area (Å²) in [5, 5.41) is 0. The number of carbonyl (C=O) groups excluding carboxylic acids is 2. The molecule has 1 atom stereocenters. The van der Waals surface area contributed by atoms with E-state index in [1.807, 2.05) is 54.6 Å². The van der Waals surface area contributed by atoms with Crippen molar-refractivity contribution in [2.75, 3.05) is 0 Å². The minimum absolute atomic E-state index is 0.00600. The zero-order valence-electron chi connectivity index (χ0n) is 11.8. The summed E-state index contributed by atoms with van der Waals surface area (Å²) in [7, 11) is 0. The largest absolute Gasteiger partial charge is 0.303 e. The third-order valence-electron chi connectivity index (χ3n) is 3.40. The van der Waals surface area contributed by atoms with E-state index in [9.17, 15) is 9.59 Å². The Bertz CT molecular complexity index is 600. The number of benzene rings is 2. The zero-order valence-corrected chi connectivity index (χ0v) is 11.8. The molecule has 0 spiro atoms. The molecule has 2 aromatic carbocycles. The number of aldehydes is 1. The molecule has 0 aliphatic rings. The van der Waals surface area contributed by atoms with Crippen LogP contribution in [-0.2, 0) is 4.79 Å².